The average Bonchev–Trinajstić information content (AvgIpc) is 3.22. The van der Waals surface area contributed by atoms with Gasteiger partial charge in [-0.15, -0.1) is 11.8 Å². The van der Waals surface area contributed by atoms with Crippen molar-refractivity contribution in [3.63, 3.8) is 0 Å². The van der Waals surface area contributed by atoms with Crippen molar-refractivity contribution in [2.75, 3.05) is 32.1 Å². The number of hydrogen-bond acceptors (Lipinski definition) is 7. The molecule has 8 nitrogen and oxygen atoms in total. The lowest BCUT2D eigenvalue weighted by molar-refractivity contribution is -0.119. The molecule has 0 radical (unpaired) electrons. The topological polar surface area (TPSA) is 93.0 Å². The molecule has 0 saturated carbocycles. The minimum absolute atomic E-state index is 0.144. The minimum Gasteiger partial charge on any atom is -0.486 e. The van der Waals surface area contributed by atoms with Crippen molar-refractivity contribution in [3.05, 3.63) is 41.9 Å². The predicted molar refractivity (Wildman–Crippen MR) is 109 cm³/mol. The molecule has 1 aromatic heterocycles. The molecule has 3 rings (SSSR count). The second kappa shape index (κ2) is 10.2. The molecule has 9 heteroatoms. The molecule has 1 aliphatic rings. The largest absolute Gasteiger partial charge is 0.486 e. The number of benzene rings is 1. The molecule has 0 unspecified atom stereocenters. The van der Waals surface area contributed by atoms with Crippen LogP contribution in [-0.4, -0.2) is 48.8 Å². The van der Waals surface area contributed by atoms with Crippen LogP contribution in [0.3, 0.4) is 0 Å². The van der Waals surface area contributed by atoms with E-state index in [-0.39, 0.29) is 17.4 Å². The standard InChI is InChI=1S/C20H25N3O5S/c1-3-23(4-2)12-14-5-7-17(28-14)20(25)22-21-19(24)13-29-15-6-8-16-18(11-15)27-10-9-26-16/h5-8,11H,3-4,9-10,12-13H2,1-2H3,(H,21,24)(H,22,25). The Morgan fingerprint density at radius 3 is 2.55 bits per heavy atom. The van der Waals surface area contributed by atoms with Crippen LogP contribution < -0.4 is 20.3 Å². The Kier molecular flexibility index (Phi) is 7.42. The Balaban J connectivity index is 1.43. The molecule has 0 spiro atoms. The van der Waals surface area contributed by atoms with Crippen LogP contribution in [-0.2, 0) is 11.3 Å². The Hall–Kier alpha value is -2.65. The van der Waals surface area contributed by atoms with Crippen LogP contribution in [0, 0.1) is 0 Å². The van der Waals surface area contributed by atoms with E-state index >= 15 is 0 Å². The molecule has 156 valence electrons. The fourth-order valence-corrected chi connectivity index (χ4v) is 3.46. The van der Waals surface area contributed by atoms with E-state index in [4.69, 9.17) is 13.9 Å². The molecule has 2 aromatic rings. The zero-order valence-corrected chi connectivity index (χ0v) is 17.3. The van der Waals surface area contributed by atoms with E-state index in [1.165, 1.54) is 11.8 Å². The zero-order valence-electron chi connectivity index (χ0n) is 16.5. The summed E-state index contributed by atoms with van der Waals surface area (Å²) in [5, 5.41) is 0. The number of ether oxygens (including phenoxy) is 2. The Morgan fingerprint density at radius 1 is 1.03 bits per heavy atom. The first-order chi connectivity index (χ1) is 14.1. The highest BCUT2D eigenvalue weighted by molar-refractivity contribution is 8.00. The second-order valence-electron chi connectivity index (χ2n) is 6.32. The lowest BCUT2D eigenvalue weighted by Crippen LogP contribution is -2.42. The van der Waals surface area contributed by atoms with Crippen LogP contribution in [0.15, 0.2) is 39.6 Å². The van der Waals surface area contributed by atoms with Crippen molar-refractivity contribution in [2.24, 2.45) is 0 Å². The molecule has 0 aliphatic carbocycles. The number of hydrogen-bond donors (Lipinski definition) is 2. The highest BCUT2D eigenvalue weighted by Crippen LogP contribution is 2.34. The average molecular weight is 420 g/mol. The number of furan rings is 1. The molecule has 1 aliphatic heterocycles. The van der Waals surface area contributed by atoms with Gasteiger partial charge in [-0.05, 0) is 43.4 Å². The van der Waals surface area contributed by atoms with Crippen LogP contribution in [0.2, 0.25) is 0 Å². The maximum atomic E-state index is 12.2. The van der Waals surface area contributed by atoms with Gasteiger partial charge in [0.05, 0.1) is 12.3 Å². The molecule has 2 amide bonds. The molecular formula is C20H25N3O5S. The number of carbonyl (C=O) groups is 2. The van der Waals surface area contributed by atoms with Crippen molar-refractivity contribution in [1.29, 1.82) is 0 Å². The lowest BCUT2D eigenvalue weighted by Gasteiger charge is -2.18. The van der Waals surface area contributed by atoms with Gasteiger partial charge in [-0.2, -0.15) is 0 Å². The zero-order chi connectivity index (χ0) is 20.6. The van der Waals surface area contributed by atoms with Crippen LogP contribution in [0.1, 0.15) is 30.2 Å². The van der Waals surface area contributed by atoms with Crippen LogP contribution >= 0.6 is 11.8 Å². The molecule has 29 heavy (non-hydrogen) atoms. The van der Waals surface area contributed by atoms with Gasteiger partial charge in [-0.25, -0.2) is 0 Å². The summed E-state index contributed by atoms with van der Waals surface area (Å²) in [7, 11) is 0. The molecular weight excluding hydrogens is 394 g/mol. The van der Waals surface area contributed by atoms with Gasteiger partial charge >= 0.3 is 5.91 Å². The van der Waals surface area contributed by atoms with E-state index in [1.54, 1.807) is 12.1 Å². The molecule has 0 fully saturated rings. The van der Waals surface area contributed by atoms with E-state index < -0.39 is 5.91 Å². The van der Waals surface area contributed by atoms with E-state index in [2.05, 4.69) is 29.6 Å². The quantitative estimate of drug-likeness (QED) is 0.501. The summed E-state index contributed by atoms with van der Waals surface area (Å²) in [4.78, 5) is 27.2. The smallest absolute Gasteiger partial charge is 0.305 e. The van der Waals surface area contributed by atoms with Gasteiger partial charge in [0.2, 0.25) is 5.91 Å². The van der Waals surface area contributed by atoms with Crippen LogP contribution in [0.4, 0.5) is 0 Å². The maximum Gasteiger partial charge on any atom is 0.305 e. The fraction of sp³-hybridized carbons (Fsp3) is 0.400. The van der Waals surface area contributed by atoms with Crippen molar-refractivity contribution in [3.8, 4) is 11.5 Å². The third kappa shape index (κ3) is 5.91. The van der Waals surface area contributed by atoms with E-state index in [9.17, 15) is 9.59 Å². The van der Waals surface area contributed by atoms with E-state index in [1.807, 2.05) is 18.2 Å². The summed E-state index contributed by atoms with van der Waals surface area (Å²) < 4.78 is 16.6. The van der Waals surface area contributed by atoms with Crippen molar-refractivity contribution in [1.82, 2.24) is 15.8 Å². The van der Waals surface area contributed by atoms with Gasteiger partial charge < -0.3 is 13.9 Å². The van der Waals surface area contributed by atoms with Crippen LogP contribution in [0.5, 0.6) is 11.5 Å². The molecule has 2 heterocycles. The number of hydrazine groups is 1. The number of fused-ring (bicyclic) bond motifs is 1. The minimum atomic E-state index is -0.492. The monoisotopic (exact) mass is 419 g/mol. The van der Waals surface area contributed by atoms with E-state index in [0.717, 1.165) is 18.0 Å². The van der Waals surface area contributed by atoms with Gasteiger partial charge in [0.1, 0.15) is 19.0 Å². The molecule has 1 aromatic carbocycles. The first-order valence-corrected chi connectivity index (χ1v) is 10.5. The Morgan fingerprint density at radius 2 is 1.79 bits per heavy atom. The summed E-state index contributed by atoms with van der Waals surface area (Å²) in [6, 6.07) is 8.90. The van der Waals surface area contributed by atoms with E-state index in [0.29, 0.717) is 37.0 Å². The molecule has 0 bridgehead atoms. The normalized spacial score (nSPS) is 12.7. The first-order valence-electron chi connectivity index (χ1n) is 9.51. The summed E-state index contributed by atoms with van der Waals surface area (Å²) in [6.45, 7) is 7.62. The van der Waals surface area contributed by atoms with Crippen molar-refractivity contribution < 1.29 is 23.5 Å². The molecule has 0 atom stereocenters. The number of thioether (sulfide) groups is 1. The van der Waals surface area contributed by atoms with Crippen LogP contribution in [0.25, 0.3) is 0 Å². The summed E-state index contributed by atoms with van der Waals surface area (Å²) in [5.41, 5.74) is 4.78. The highest BCUT2D eigenvalue weighted by Gasteiger charge is 2.15. The number of rotatable bonds is 8. The van der Waals surface area contributed by atoms with Gasteiger partial charge in [-0.3, -0.25) is 25.3 Å². The van der Waals surface area contributed by atoms with Crippen molar-refractivity contribution >= 4 is 23.6 Å². The lowest BCUT2D eigenvalue weighted by atomic mass is 10.3. The maximum absolute atomic E-state index is 12.2. The van der Waals surface area contributed by atoms with Gasteiger partial charge in [-0.1, -0.05) is 13.8 Å². The number of nitrogens with zero attached hydrogens (tertiary/aromatic N) is 1. The Labute approximate surface area is 173 Å². The SMILES string of the molecule is CCN(CC)Cc1ccc(C(=O)NNC(=O)CSc2ccc3c(c2)OCCO3)o1. The number of carbonyl (C=O) groups excluding carboxylic acids is 2. The van der Waals surface area contributed by atoms with Crippen molar-refractivity contribution in [2.45, 2.75) is 25.3 Å². The third-order valence-corrected chi connectivity index (χ3v) is 5.35. The fourth-order valence-electron chi connectivity index (χ4n) is 2.74. The summed E-state index contributed by atoms with van der Waals surface area (Å²) >= 11 is 1.34. The molecule has 2 N–H and O–H groups in total. The van der Waals surface area contributed by atoms with Gasteiger partial charge in [0.15, 0.2) is 17.3 Å². The highest BCUT2D eigenvalue weighted by atomic mass is 32.2. The first kappa shape index (κ1) is 21.1. The number of amides is 2. The third-order valence-electron chi connectivity index (χ3n) is 4.36. The number of nitrogens with one attached hydrogen (secondary N) is 2. The van der Waals surface area contributed by atoms with Gasteiger partial charge in [0, 0.05) is 4.90 Å². The second-order valence-corrected chi connectivity index (χ2v) is 7.37. The molecule has 0 saturated heterocycles. The summed E-state index contributed by atoms with van der Waals surface area (Å²) in [6.07, 6.45) is 0. The Bertz CT molecular complexity index is 850. The predicted octanol–water partition coefficient (Wildman–Crippen LogP) is 2.45. The van der Waals surface area contributed by atoms with Gasteiger partial charge in [0.25, 0.3) is 0 Å². The summed E-state index contributed by atoms with van der Waals surface area (Å²) in [5.74, 6) is 1.57.